The van der Waals surface area contributed by atoms with Gasteiger partial charge in [-0.15, -0.1) is 0 Å². The zero-order chi connectivity index (χ0) is 28.4. The SMILES string of the molecule is O=S(=O)([O-])c1c(F)c(F)c(CCc2c(C3CCCCC3)cc(C3CCCCC3)cc2C2CCCCC2)c(F)c1F. The van der Waals surface area contributed by atoms with Gasteiger partial charge in [0.05, 0.1) is 0 Å². The topological polar surface area (TPSA) is 57.2 Å². The molecule has 0 spiro atoms. The van der Waals surface area contributed by atoms with Crippen molar-refractivity contribution in [2.24, 2.45) is 0 Å². The molecular weight excluding hydrogens is 540 g/mol. The van der Waals surface area contributed by atoms with E-state index in [9.17, 15) is 30.5 Å². The van der Waals surface area contributed by atoms with Crippen molar-refractivity contribution in [3.8, 4) is 0 Å². The van der Waals surface area contributed by atoms with Crippen LogP contribution in [0.15, 0.2) is 17.0 Å². The van der Waals surface area contributed by atoms with Gasteiger partial charge in [-0.1, -0.05) is 69.9 Å². The molecule has 3 nitrogen and oxygen atoms in total. The third-order valence-electron chi connectivity index (χ3n) is 9.70. The van der Waals surface area contributed by atoms with Crippen molar-refractivity contribution in [2.75, 3.05) is 0 Å². The van der Waals surface area contributed by atoms with Crippen molar-refractivity contribution in [1.29, 1.82) is 0 Å². The van der Waals surface area contributed by atoms with Crippen LogP contribution < -0.4 is 0 Å². The lowest BCUT2D eigenvalue weighted by Gasteiger charge is -2.33. The van der Waals surface area contributed by atoms with Crippen molar-refractivity contribution in [3.63, 3.8) is 0 Å². The first-order valence-corrected chi connectivity index (χ1v) is 16.5. The highest BCUT2D eigenvalue weighted by molar-refractivity contribution is 7.85. The Morgan fingerprint density at radius 3 is 1.35 bits per heavy atom. The van der Waals surface area contributed by atoms with E-state index in [1.807, 2.05) is 0 Å². The van der Waals surface area contributed by atoms with Crippen LogP contribution in [0, 0.1) is 23.3 Å². The molecule has 8 heteroatoms. The fourth-order valence-electron chi connectivity index (χ4n) is 7.60. The van der Waals surface area contributed by atoms with E-state index in [1.165, 1.54) is 48.8 Å². The molecule has 0 N–H and O–H groups in total. The summed E-state index contributed by atoms with van der Waals surface area (Å²) in [4.78, 5) is -2.09. The van der Waals surface area contributed by atoms with Crippen LogP contribution in [-0.4, -0.2) is 13.0 Å². The summed E-state index contributed by atoms with van der Waals surface area (Å²) in [5.41, 5.74) is 4.01. The molecule has 40 heavy (non-hydrogen) atoms. The van der Waals surface area contributed by atoms with Crippen LogP contribution in [0.3, 0.4) is 0 Å². The summed E-state index contributed by atoms with van der Waals surface area (Å²) >= 11 is 0. The summed E-state index contributed by atoms with van der Waals surface area (Å²) in [5.74, 6) is -6.70. The van der Waals surface area contributed by atoms with Gasteiger partial charge in [-0.25, -0.2) is 26.0 Å². The summed E-state index contributed by atoms with van der Waals surface area (Å²) in [7, 11) is -5.73. The van der Waals surface area contributed by atoms with Crippen LogP contribution in [0.5, 0.6) is 0 Å². The van der Waals surface area contributed by atoms with Gasteiger partial charge >= 0.3 is 0 Å². The van der Waals surface area contributed by atoms with Crippen molar-refractivity contribution < 1.29 is 30.5 Å². The smallest absolute Gasteiger partial charge is 0.179 e. The average Bonchev–Trinajstić information content (AvgIpc) is 2.96. The first-order valence-electron chi connectivity index (χ1n) is 15.1. The zero-order valence-electron chi connectivity index (χ0n) is 23.1. The molecule has 3 fully saturated rings. The summed E-state index contributed by atoms with van der Waals surface area (Å²) in [5, 5.41) is 0. The van der Waals surface area contributed by atoms with Gasteiger partial charge in [0.25, 0.3) is 0 Å². The molecule has 0 aromatic heterocycles. The third kappa shape index (κ3) is 6.13. The van der Waals surface area contributed by atoms with E-state index in [4.69, 9.17) is 0 Å². The van der Waals surface area contributed by atoms with Gasteiger partial charge in [-0.3, -0.25) is 0 Å². The minimum atomic E-state index is -5.73. The molecule has 2 aromatic carbocycles. The minimum Gasteiger partial charge on any atom is -0.744 e. The molecule has 3 aliphatic carbocycles. The maximum absolute atomic E-state index is 15.0. The van der Waals surface area contributed by atoms with E-state index in [-0.39, 0.29) is 12.8 Å². The molecule has 2 aromatic rings. The van der Waals surface area contributed by atoms with Crippen LogP contribution in [-0.2, 0) is 23.0 Å². The lowest BCUT2D eigenvalue weighted by molar-refractivity contribution is 0.389. The Morgan fingerprint density at radius 1 is 0.575 bits per heavy atom. The average molecular weight is 580 g/mol. The van der Waals surface area contributed by atoms with Gasteiger partial charge in [0.2, 0.25) is 0 Å². The van der Waals surface area contributed by atoms with Crippen LogP contribution in [0.4, 0.5) is 17.6 Å². The highest BCUT2D eigenvalue weighted by atomic mass is 32.2. The first-order chi connectivity index (χ1) is 19.2. The summed E-state index contributed by atoms with van der Waals surface area (Å²) in [6, 6.07) is 4.66. The Morgan fingerprint density at radius 2 is 0.950 bits per heavy atom. The highest BCUT2D eigenvalue weighted by Gasteiger charge is 2.31. The lowest BCUT2D eigenvalue weighted by atomic mass is 9.72. The van der Waals surface area contributed by atoms with Gasteiger partial charge in [0, 0.05) is 5.56 Å². The van der Waals surface area contributed by atoms with Crippen LogP contribution >= 0.6 is 0 Å². The quantitative estimate of drug-likeness (QED) is 0.187. The van der Waals surface area contributed by atoms with Crippen molar-refractivity contribution in [2.45, 2.75) is 132 Å². The maximum Gasteiger partial charge on any atom is 0.179 e. The van der Waals surface area contributed by atoms with E-state index in [1.54, 1.807) is 0 Å². The van der Waals surface area contributed by atoms with Gasteiger partial charge in [-0.2, -0.15) is 0 Å². The number of rotatable bonds is 7. The molecule has 3 aliphatic rings. The number of hydrogen-bond donors (Lipinski definition) is 0. The lowest BCUT2D eigenvalue weighted by Crippen LogP contribution is -2.17. The van der Waals surface area contributed by atoms with Gasteiger partial charge < -0.3 is 4.55 Å². The second-order valence-corrected chi connectivity index (χ2v) is 13.5. The Kier molecular flexibility index (Phi) is 9.25. The molecule has 5 rings (SSSR count). The maximum atomic E-state index is 15.0. The first kappa shape index (κ1) is 29.6. The summed E-state index contributed by atoms with van der Waals surface area (Å²) in [6.07, 6.45) is 17.0. The van der Waals surface area contributed by atoms with E-state index < -0.39 is 43.8 Å². The van der Waals surface area contributed by atoms with Crippen molar-refractivity contribution >= 4 is 10.1 Å². The fraction of sp³-hybridized carbons (Fsp3) is 0.625. The van der Waals surface area contributed by atoms with E-state index in [2.05, 4.69) is 12.1 Å². The number of benzene rings is 2. The minimum absolute atomic E-state index is 0.193. The van der Waals surface area contributed by atoms with Crippen LogP contribution in [0.25, 0.3) is 0 Å². The molecule has 3 saturated carbocycles. The van der Waals surface area contributed by atoms with Crippen LogP contribution in [0.2, 0.25) is 0 Å². The Bertz CT molecular complexity index is 1250. The monoisotopic (exact) mass is 579 g/mol. The van der Waals surface area contributed by atoms with E-state index >= 15 is 0 Å². The molecule has 0 unspecified atom stereocenters. The predicted octanol–water partition coefficient (Wildman–Crippen LogP) is 9.08. The largest absolute Gasteiger partial charge is 0.744 e. The zero-order valence-corrected chi connectivity index (χ0v) is 23.9. The molecule has 0 heterocycles. The number of hydrogen-bond acceptors (Lipinski definition) is 3. The molecule has 0 aliphatic heterocycles. The fourth-order valence-corrected chi connectivity index (χ4v) is 8.22. The van der Waals surface area contributed by atoms with Crippen molar-refractivity contribution in [3.05, 3.63) is 63.2 Å². The predicted molar refractivity (Wildman–Crippen MR) is 146 cm³/mol. The Balaban J connectivity index is 1.59. The second-order valence-electron chi connectivity index (χ2n) is 12.2. The van der Waals surface area contributed by atoms with Gasteiger partial charge in [0.15, 0.2) is 23.3 Å². The summed E-state index contributed by atoms with van der Waals surface area (Å²) < 4.78 is 93.0. The molecule has 0 radical (unpaired) electrons. The molecule has 0 saturated heterocycles. The Hall–Kier alpha value is -1.93. The molecule has 0 bridgehead atoms. The van der Waals surface area contributed by atoms with Gasteiger partial charge in [-0.05, 0) is 91.4 Å². The Labute approximate surface area is 235 Å². The third-order valence-corrected chi connectivity index (χ3v) is 10.6. The molecule has 220 valence electrons. The van der Waals surface area contributed by atoms with E-state index in [0.717, 1.165) is 69.8 Å². The van der Waals surface area contributed by atoms with E-state index in [0.29, 0.717) is 17.8 Å². The van der Waals surface area contributed by atoms with Crippen molar-refractivity contribution in [1.82, 2.24) is 0 Å². The standard InChI is InChI=1S/C32H40F4O3S/c33-28-25(29(34)31(36)32(30(28)35)40(37,38)39)17-16-24-26(21-12-6-2-7-13-21)18-23(20-10-4-1-5-11-20)19-27(24)22-14-8-3-9-15-22/h18-22H,1-17H2,(H,37,38,39)/p-1. The molecule has 0 atom stereocenters. The highest BCUT2D eigenvalue weighted by Crippen LogP contribution is 2.44. The van der Waals surface area contributed by atoms with Gasteiger partial charge in [0.1, 0.15) is 15.0 Å². The second kappa shape index (κ2) is 12.5. The van der Waals surface area contributed by atoms with Crippen LogP contribution in [0.1, 0.15) is 142 Å². The molecular formula is C32H39F4O3S-. The number of halogens is 4. The molecule has 0 amide bonds. The normalized spacial score (nSPS) is 20.2. The summed E-state index contributed by atoms with van der Waals surface area (Å²) in [6.45, 7) is 0.